The van der Waals surface area contributed by atoms with Crippen LogP contribution in [0.15, 0.2) is 88.3 Å². The summed E-state index contributed by atoms with van der Waals surface area (Å²) in [6.45, 7) is 0. The number of aromatic nitrogens is 2. The molecule has 0 amide bonds. The van der Waals surface area contributed by atoms with Gasteiger partial charge in [-0.05, 0) is 56.1 Å². The Balaban J connectivity index is 0.000000347. The van der Waals surface area contributed by atoms with E-state index < -0.39 is 13.5 Å². The molecule has 2 heterocycles. The summed E-state index contributed by atoms with van der Waals surface area (Å²) in [4.78, 5) is 7.67. The zero-order valence-corrected chi connectivity index (χ0v) is 19.8. The van der Waals surface area contributed by atoms with Gasteiger partial charge in [0.2, 0.25) is 0 Å². The number of hydrogen-bond acceptors (Lipinski definition) is 2. The van der Waals surface area contributed by atoms with Gasteiger partial charge in [-0.25, -0.2) is 0 Å². The minimum absolute atomic E-state index is 0. The van der Waals surface area contributed by atoms with Gasteiger partial charge in [0, 0.05) is 33.7 Å². The average molecular weight is 593 g/mol. The number of pyridine rings is 2. The van der Waals surface area contributed by atoms with Crippen molar-refractivity contribution >= 4 is 55.9 Å². The van der Waals surface area contributed by atoms with Gasteiger partial charge in [0.05, 0.1) is 0 Å². The van der Waals surface area contributed by atoms with Gasteiger partial charge < -0.3 is 7.43 Å². The predicted octanol–water partition coefficient (Wildman–Crippen LogP) is 6.90. The van der Waals surface area contributed by atoms with Crippen LogP contribution in [-0.2, 0) is 13.5 Å². The quantitative estimate of drug-likeness (QED) is 0.227. The first-order chi connectivity index (χ1) is 11.6. The molecule has 0 bridgehead atoms. The fraction of sp³-hybridized carbons (Fsp3) is 0. The summed E-state index contributed by atoms with van der Waals surface area (Å²) in [5, 5.41) is 0. The minimum atomic E-state index is -1.61. The standard InChI is InChI=1S/C7H6.2C5H4BrN.CH3.2ClH.Ru/c1-7-5-3-2-4-6-7;2*6-5-2-1-3-7-4-5;;;;/h1-6H;2*1-4H;1H3;2*1H;/q;;;-1;;;+2/p-2. The van der Waals surface area contributed by atoms with Crippen molar-refractivity contribution in [3.63, 3.8) is 0 Å². The van der Waals surface area contributed by atoms with Gasteiger partial charge in [-0.2, -0.15) is 0 Å². The van der Waals surface area contributed by atoms with E-state index in [0.717, 1.165) is 14.5 Å². The Morgan fingerprint density at radius 2 is 1.24 bits per heavy atom. The maximum atomic E-state index is 5.67. The second kappa shape index (κ2) is 15.8. The van der Waals surface area contributed by atoms with E-state index in [-0.39, 0.29) is 7.43 Å². The summed E-state index contributed by atoms with van der Waals surface area (Å²) in [5.41, 5.74) is 1.12. The van der Waals surface area contributed by atoms with Crippen molar-refractivity contribution < 1.29 is 13.5 Å². The molecule has 2 aromatic heterocycles. The van der Waals surface area contributed by atoms with E-state index in [0.29, 0.717) is 0 Å². The van der Waals surface area contributed by atoms with Crippen LogP contribution in [-0.4, -0.2) is 14.6 Å². The van der Waals surface area contributed by atoms with E-state index in [4.69, 9.17) is 19.4 Å². The van der Waals surface area contributed by atoms with Gasteiger partial charge in [-0.3, -0.25) is 9.97 Å². The van der Waals surface area contributed by atoms with Crippen molar-refractivity contribution in [3.8, 4) is 0 Å². The van der Waals surface area contributed by atoms with E-state index >= 15 is 0 Å². The molecule has 7 heteroatoms. The second-order valence-electron chi connectivity index (χ2n) is 4.06. The van der Waals surface area contributed by atoms with Crippen LogP contribution in [0.3, 0.4) is 0 Å². The summed E-state index contributed by atoms with van der Waals surface area (Å²) in [5.74, 6) is 0. The average Bonchev–Trinajstić information content (AvgIpc) is 2.58. The van der Waals surface area contributed by atoms with Crippen molar-refractivity contribution in [3.05, 3.63) is 101 Å². The van der Waals surface area contributed by atoms with Crippen LogP contribution in [0.4, 0.5) is 0 Å². The molecule has 0 radical (unpaired) electrons. The molecule has 0 saturated carbocycles. The van der Waals surface area contributed by atoms with Crippen LogP contribution in [0.2, 0.25) is 0 Å². The summed E-state index contributed by atoms with van der Waals surface area (Å²) in [6, 6.07) is 17.5. The van der Waals surface area contributed by atoms with Crippen molar-refractivity contribution in [1.82, 2.24) is 9.97 Å². The number of rotatable bonds is 1. The van der Waals surface area contributed by atoms with Crippen molar-refractivity contribution in [2.24, 2.45) is 0 Å². The van der Waals surface area contributed by atoms with Gasteiger partial charge in [-0.15, -0.1) is 0 Å². The Bertz CT molecular complexity index is 673. The van der Waals surface area contributed by atoms with Gasteiger partial charge in [0.1, 0.15) is 0 Å². The third kappa shape index (κ3) is 14.4. The van der Waals surface area contributed by atoms with Crippen LogP contribution < -0.4 is 0 Å². The Labute approximate surface area is 179 Å². The molecule has 0 aliphatic rings. The van der Waals surface area contributed by atoms with E-state index in [1.807, 2.05) is 59.2 Å². The topological polar surface area (TPSA) is 25.8 Å². The molecule has 0 aliphatic heterocycles. The Morgan fingerprint density at radius 1 is 0.760 bits per heavy atom. The summed E-state index contributed by atoms with van der Waals surface area (Å²) in [7, 11) is 11.3. The molecule has 136 valence electrons. The molecular weight excluding hydrogens is 576 g/mol. The van der Waals surface area contributed by atoms with Gasteiger partial charge in [0.25, 0.3) is 0 Å². The first kappa shape index (κ1) is 24.6. The van der Waals surface area contributed by atoms with Gasteiger partial charge in [0.15, 0.2) is 0 Å². The molecule has 3 aromatic rings. The molecule has 0 spiro atoms. The summed E-state index contributed by atoms with van der Waals surface area (Å²) < 4.78 is 3.97. The number of nitrogens with zero attached hydrogens (tertiary/aromatic N) is 2. The predicted molar refractivity (Wildman–Crippen MR) is 114 cm³/mol. The first-order valence-electron chi connectivity index (χ1n) is 6.57. The molecule has 0 aliphatic carbocycles. The van der Waals surface area contributed by atoms with Crippen LogP contribution >= 0.6 is 51.2 Å². The van der Waals surface area contributed by atoms with Crippen LogP contribution in [0, 0.1) is 7.43 Å². The molecule has 3 rings (SSSR count). The van der Waals surface area contributed by atoms with E-state index in [2.05, 4.69) is 41.8 Å². The van der Waals surface area contributed by atoms with Gasteiger partial charge >= 0.3 is 73.4 Å². The molecule has 0 atom stereocenters. The number of hydrogen-bond donors (Lipinski definition) is 0. The number of benzene rings is 1. The van der Waals surface area contributed by atoms with E-state index in [1.165, 1.54) is 0 Å². The van der Waals surface area contributed by atoms with Crippen LogP contribution in [0.25, 0.3) is 0 Å². The Kier molecular flexibility index (Phi) is 15.5. The Morgan fingerprint density at radius 3 is 1.52 bits per heavy atom. The molecule has 0 fully saturated rings. The first-order valence-corrected chi connectivity index (χ1v) is 13.6. The van der Waals surface area contributed by atoms with Crippen molar-refractivity contribution in [2.75, 3.05) is 0 Å². The monoisotopic (exact) mass is 591 g/mol. The summed E-state index contributed by atoms with van der Waals surface area (Å²) in [6.07, 6.45) is 6.98. The third-order valence-corrected chi connectivity index (χ3v) is 5.06. The molecule has 0 N–H and O–H groups in total. The van der Waals surface area contributed by atoms with Gasteiger partial charge in [-0.1, -0.05) is 0 Å². The van der Waals surface area contributed by atoms with Crippen LogP contribution in [0.1, 0.15) is 5.56 Å². The Hall–Kier alpha value is -0.447. The zero-order chi connectivity index (χ0) is 17.6. The normalized spacial score (nSPS) is 9.20. The number of halogens is 4. The van der Waals surface area contributed by atoms with E-state index in [1.54, 1.807) is 24.8 Å². The van der Waals surface area contributed by atoms with E-state index in [9.17, 15) is 0 Å². The fourth-order valence-electron chi connectivity index (χ4n) is 1.29. The third-order valence-electron chi connectivity index (χ3n) is 2.25. The van der Waals surface area contributed by atoms with Crippen LogP contribution in [0.5, 0.6) is 0 Å². The molecular formula is C18H17Br2Cl2N2Ru-. The van der Waals surface area contributed by atoms with Crippen molar-refractivity contribution in [2.45, 2.75) is 0 Å². The fourth-order valence-corrected chi connectivity index (χ4v) is 3.66. The second-order valence-corrected chi connectivity index (χ2v) is 11.6. The molecule has 0 saturated heterocycles. The maximum absolute atomic E-state index is 5.67. The molecule has 2 nitrogen and oxygen atoms in total. The van der Waals surface area contributed by atoms with Crippen molar-refractivity contribution in [1.29, 1.82) is 0 Å². The SMILES string of the molecule is Brc1cccnc1.Brc1cccnc1.[CH3-].[Cl][Ru]([Cl])=[CH]c1ccccc1. The molecule has 0 unspecified atom stereocenters. The molecule has 1 aromatic carbocycles. The summed E-state index contributed by atoms with van der Waals surface area (Å²) >= 11 is 4.88. The zero-order valence-electron chi connectivity index (χ0n) is 13.3. The molecule has 25 heavy (non-hydrogen) atoms.